The summed E-state index contributed by atoms with van der Waals surface area (Å²) in [4.78, 5) is 12.7. The van der Waals surface area contributed by atoms with Crippen molar-refractivity contribution in [2.75, 3.05) is 11.8 Å². The molecule has 1 amide bonds. The Morgan fingerprint density at radius 3 is 2.67 bits per heavy atom. The number of benzene rings is 2. The van der Waals surface area contributed by atoms with Crippen molar-refractivity contribution in [1.29, 1.82) is 0 Å². The summed E-state index contributed by atoms with van der Waals surface area (Å²) in [5, 5.41) is 6.35. The van der Waals surface area contributed by atoms with Crippen LogP contribution in [0.3, 0.4) is 0 Å². The number of ether oxygens (including phenoxy) is 2. The van der Waals surface area contributed by atoms with Crippen LogP contribution in [0.5, 0.6) is 11.5 Å². The van der Waals surface area contributed by atoms with Gasteiger partial charge in [-0.1, -0.05) is 17.7 Å². The number of fused-ring (bicyclic) bond motifs is 1. The molecule has 0 unspecified atom stereocenters. The predicted octanol–water partition coefficient (Wildman–Crippen LogP) is 3.87. The van der Waals surface area contributed by atoms with E-state index in [-0.39, 0.29) is 12.7 Å². The van der Waals surface area contributed by atoms with E-state index in [0.717, 1.165) is 5.56 Å². The minimum atomic E-state index is -0.174. The van der Waals surface area contributed by atoms with Gasteiger partial charge in [0, 0.05) is 5.02 Å². The second-order valence-corrected chi connectivity index (χ2v) is 5.89. The standard InChI is InChI=1S/C18H13ClN2O3/c1-11-15(8-12-2-7-16-17(9-12)24-10-23-16)18(22)21(20-11)14-5-3-13(19)4-6-14/h2-9H,10H2,1H3/b15-8+. The minimum Gasteiger partial charge on any atom is -0.454 e. The molecule has 0 atom stereocenters. The molecule has 0 saturated carbocycles. The van der Waals surface area contributed by atoms with Gasteiger partial charge in [-0.3, -0.25) is 4.79 Å². The number of carbonyl (C=O) groups is 1. The smallest absolute Gasteiger partial charge is 0.280 e. The predicted molar refractivity (Wildman–Crippen MR) is 92.6 cm³/mol. The Hall–Kier alpha value is -2.79. The molecule has 5 nitrogen and oxygen atoms in total. The quantitative estimate of drug-likeness (QED) is 0.780. The Morgan fingerprint density at radius 2 is 1.88 bits per heavy atom. The Kier molecular flexibility index (Phi) is 3.50. The normalized spacial score (nSPS) is 17.6. The number of hydrogen-bond acceptors (Lipinski definition) is 4. The van der Waals surface area contributed by atoms with Crippen molar-refractivity contribution < 1.29 is 14.3 Å². The van der Waals surface area contributed by atoms with Crippen LogP contribution >= 0.6 is 11.6 Å². The highest BCUT2D eigenvalue weighted by molar-refractivity contribution is 6.32. The van der Waals surface area contributed by atoms with Crippen molar-refractivity contribution in [1.82, 2.24) is 0 Å². The molecule has 2 aromatic carbocycles. The van der Waals surface area contributed by atoms with Crippen LogP contribution in [0.15, 0.2) is 53.1 Å². The Morgan fingerprint density at radius 1 is 1.12 bits per heavy atom. The molecular weight excluding hydrogens is 328 g/mol. The average Bonchev–Trinajstić information content (AvgIpc) is 3.15. The van der Waals surface area contributed by atoms with Gasteiger partial charge in [-0.25, -0.2) is 0 Å². The van der Waals surface area contributed by atoms with E-state index < -0.39 is 0 Å². The first kappa shape index (κ1) is 14.8. The number of hydrazone groups is 1. The summed E-state index contributed by atoms with van der Waals surface area (Å²) in [7, 11) is 0. The molecule has 2 heterocycles. The number of nitrogens with zero attached hydrogens (tertiary/aromatic N) is 2. The van der Waals surface area contributed by atoms with Crippen molar-refractivity contribution in [2.45, 2.75) is 6.92 Å². The zero-order chi connectivity index (χ0) is 16.7. The monoisotopic (exact) mass is 340 g/mol. The summed E-state index contributed by atoms with van der Waals surface area (Å²) in [6.07, 6.45) is 1.80. The maximum Gasteiger partial charge on any atom is 0.280 e. The van der Waals surface area contributed by atoms with Gasteiger partial charge in [-0.2, -0.15) is 10.1 Å². The lowest BCUT2D eigenvalue weighted by molar-refractivity contribution is -0.114. The molecule has 4 rings (SSSR count). The molecule has 0 bridgehead atoms. The molecule has 120 valence electrons. The van der Waals surface area contributed by atoms with Crippen molar-refractivity contribution in [2.24, 2.45) is 5.10 Å². The number of carbonyl (C=O) groups excluding carboxylic acids is 1. The van der Waals surface area contributed by atoms with E-state index in [1.807, 2.05) is 25.1 Å². The third-order valence-corrected chi connectivity index (χ3v) is 4.09. The lowest BCUT2D eigenvalue weighted by Crippen LogP contribution is -2.21. The van der Waals surface area contributed by atoms with Crippen LogP contribution in [0.4, 0.5) is 5.69 Å². The second-order valence-electron chi connectivity index (χ2n) is 5.45. The van der Waals surface area contributed by atoms with Crippen LogP contribution in [-0.4, -0.2) is 18.4 Å². The van der Waals surface area contributed by atoms with Gasteiger partial charge in [0.1, 0.15) is 0 Å². The van der Waals surface area contributed by atoms with Gasteiger partial charge in [0.15, 0.2) is 11.5 Å². The van der Waals surface area contributed by atoms with Crippen LogP contribution in [-0.2, 0) is 4.79 Å². The SMILES string of the molecule is CC1=NN(c2ccc(Cl)cc2)C(=O)/C1=C/c1ccc2c(c1)OCO2. The van der Waals surface area contributed by atoms with Crippen molar-refractivity contribution >= 4 is 35.0 Å². The van der Waals surface area contributed by atoms with Crippen molar-refractivity contribution in [3.05, 3.63) is 58.6 Å². The van der Waals surface area contributed by atoms with Gasteiger partial charge >= 0.3 is 0 Å². The maximum atomic E-state index is 12.7. The molecule has 2 aliphatic rings. The Labute approximate surface area is 143 Å². The zero-order valence-electron chi connectivity index (χ0n) is 12.8. The fourth-order valence-electron chi connectivity index (χ4n) is 2.61. The van der Waals surface area contributed by atoms with E-state index in [1.165, 1.54) is 5.01 Å². The Bertz CT molecular complexity index is 888. The second kappa shape index (κ2) is 5.69. The molecule has 0 aliphatic carbocycles. The minimum absolute atomic E-state index is 0.174. The first-order chi connectivity index (χ1) is 11.6. The van der Waals surface area contributed by atoms with Crippen LogP contribution in [0.1, 0.15) is 12.5 Å². The summed E-state index contributed by atoms with van der Waals surface area (Å²) in [6, 6.07) is 12.6. The Balaban J connectivity index is 1.66. The van der Waals surface area contributed by atoms with Crippen LogP contribution < -0.4 is 14.5 Å². The number of halogens is 1. The lowest BCUT2D eigenvalue weighted by atomic mass is 10.1. The first-order valence-corrected chi connectivity index (χ1v) is 7.76. The largest absolute Gasteiger partial charge is 0.454 e. The third-order valence-electron chi connectivity index (χ3n) is 3.84. The summed E-state index contributed by atoms with van der Waals surface area (Å²) in [5.41, 5.74) is 2.74. The molecular formula is C18H13ClN2O3. The fraction of sp³-hybridized carbons (Fsp3) is 0.111. The molecule has 0 spiro atoms. The molecule has 0 fully saturated rings. The van der Waals surface area contributed by atoms with E-state index in [1.54, 1.807) is 30.3 Å². The third kappa shape index (κ3) is 2.53. The summed E-state index contributed by atoms with van der Waals surface area (Å²) in [5.74, 6) is 1.22. The number of amides is 1. The molecule has 2 aliphatic heterocycles. The molecule has 0 N–H and O–H groups in total. The highest BCUT2D eigenvalue weighted by Gasteiger charge is 2.28. The van der Waals surface area contributed by atoms with Gasteiger partial charge in [0.25, 0.3) is 5.91 Å². The summed E-state index contributed by atoms with van der Waals surface area (Å²) in [6.45, 7) is 2.03. The molecule has 6 heteroatoms. The summed E-state index contributed by atoms with van der Waals surface area (Å²) >= 11 is 5.89. The van der Waals surface area contributed by atoms with E-state index in [4.69, 9.17) is 21.1 Å². The summed E-state index contributed by atoms with van der Waals surface area (Å²) < 4.78 is 10.7. The highest BCUT2D eigenvalue weighted by Crippen LogP contribution is 2.34. The first-order valence-electron chi connectivity index (χ1n) is 7.39. The van der Waals surface area contributed by atoms with Crippen LogP contribution in [0, 0.1) is 0 Å². The zero-order valence-corrected chi connectivity index (χ0v) is 13.6. The highest BCUT2D eigenvalue weighted by atomic mass is 35.5. The molecule has 2 aromatic rings. The number of anilines is 1. The topological polar surface area (TPSA) is 51.1 Å². The van der Waals surface area contributed by atoms with Crippen LogP contribution in [0.2, 0.25) is 5.02 Å². The number of hydrogen-bond donors (Lipinski definition) is 0. The molecule has 0 saturated heterocycles. The van der Waals surface area contributed by atoms with Gasteiger partial charge in [-0.15, -0.1) is 0 Å². The fourth-order valence-corrected chi connectivity index (χ4v) is 2.74. The maximum absolute atomic E-state index is 12.7. The van der Waals surface area contributed by atoms with E-state index in [9.17, 15) is 4.79 Å². The van der Waals surface area contributed by atoms with Gasteiger partial charge in [0.05, 0.1) is 17.0 Å². The van der Waals surface area contributed by atoms with Gasteiger partial charge in [-0.05, 0) is 55.0 Å². The van der Waals surface area contributed by atoms with Crippen molar-refractivity contribution in [3.8, 4) is 11.5 Å². The van der Waals surface area contributed by atoms with Crippen LogP contribution in [0.25, 0.3) is 6.08 Å². The van der Waals surface area contributed by atoms with E-state index >= 15 is 0 Å². The lowest BCUT2D eigenvalue weighted by Gasteiger charge is -2.11. The van der Waals surface area contributed by atoms with Gasteiger partial charge < -0.3 is 9.47 Å². The number of rotatable bonds is 2. The molecule has 0 radical (unpaired) electrons. The molecule has 24 heavy (non-hydrogen) atoms. The average molecular weight is 341 g/mol. The van der Waals surface area contributed by atoms with Gasteiger partial charge in [0.2, 0.25) is 6.79 Å². The van der Waals surface area contributed by atoms with Crippen molar-refractivity contribution in [3.63, 3.8) is 0 Å². The van der Waals surface area contributed by atoms with E-state index in [0.29, 0.717) is 33.5 Å². The van der Waals surface area contributed by atoms with E-state index in [2.05, 4.69) is 5.10 Å². The molecule has 0 aromatic heterocycles.